The Balaban J connectivity index is 1.33. The zero-order valence-corrected chi connectivity index (χ0v) is 21.9. The van der Waals surface area contributed by atoms with Gasteiger partial charge in [0.05, 0.1) is 23.6 Å². The Morgan fingerprint density at radius 2 is 2.08 bits per heavy atom. The molecule has 4 rings (SSSR count). The zero-order chi connectivity index (χ0) is 26.5. The highest BCUT2D eigenvalue weighted by molar-refractivity contribution is 7.99. The second-order valence-electron chi connectivity index (χ2n) is 9.20. The van der Waals surface area contributed by atoms with E-state index in [-0.39, 0.29) is 10.8 Å². The van der Waals surface area contributed by atoms with Gasteiger partial charge in [-0.3, -0.25) is 9.78 Å². The number of thioether (sulfide) groups is 1. The topological polar surface area (TPSA) is 62.7 Å². The summed E-state index contributed by atoms with van der Waals surface area (Å²) in [7, 11) is 1.61. The Morgan fingerprint density at radius 3 is 2.84 bits per heavy atom. The predicted octanol–water partition coefficient (Wildman–Crippen LogP) is 6.45. The lowest BCUT2D eigenvalue weighted by atomic mass is 9.81. The van der Waals surface area contributed by atoms with E-state index in [9.17, 15) is 23.1 Å². The molecule has 5 nitrogen and oxygen atoms in total. The summed E-state index contributed by atoms with van der Waals surface area (Å²) in [6.07, 6.45) is 4.60. The SMILES string of the molecule is COc1ccc2ncc(Cl)c(CCCC3CCN(CCSc4cc(F)cc(F)c4F)CC3C(=O)O)c2c1. The van der Waals surface area contributed by atoms with Gasteiger partial charge in [-0.05, 0) is 68.0 Å². The number of aliphatic carboxylic acids is 1. The molecule has 0 bridgehead atoms. The average molecular weight is 553 g/mol. The monoisotopic (exact) mass is 552 g/mol. The second kappa shape index (κ2) is 12.4. The number of carboxylic acid groups (broad SMARTS) is 1. The quantitative estimate of drug-likeness (QED) is 0.230. The van der Waals surface area contributed by atoms with Crippen LogP contribution in [0.1, 0.15) is 24.8 Å². The molecule has 1 aromatic heterocycles. The van der Waals surface area contributed by atoms with Crippen molar-refractivity contribution < 1.29 is 27.8 Å². The van der Waals surface area contributed by atoms with Crippen LogP contribution in [0.25, 0.3) is 10.9 Å². The minimum Gasteiger partial charge on any atom is -0.497 e. The number of carboxylic acids is 1. The fourth-order valence-electron chi connectivity index (χ4n) is 4.94. The highest BCUT2D eigenvalue weighted by atomic mass is 35.5. The van der Waals surface area contributed by atoms with E-state index in [1.807, 2.05) is 23.1 Å². The predicted molar refractivity (Wildman–Crippen MR) is 139 cm³/mol. The minimum absolute atomic E-state index is 0.0255. The number of benzene rings is 2. The summed E-state index contributed by atoms with van der Waals surface area (Å²) in [6.45, 7) is 1.60. The Bertz CT molecular complexity index is 1280. The van der Waals surface area contributed by atoms with Crippen molar-refractivity contribution in [3.63, 3.8) is 0 Å². The number of methoxy groups -OCH3 is 1. The van der Waals surface area contributed by atoms with Crippen LogP contribution in [0.4, 0.5) is 13.2 Å². The van der Waals surface area contributed by atoms with Crippen LogP contribution in [0.5, 0.6) is 5.75 Å². The third kappa shape index (κ3) is 6.69. The number of rotatable bonds is 10. The number of carbonyl (C=O) groups is 1. The maximum atomic E-state index is 13.9. The molecule has 2 atom stereocenters. The molecule has 0 saturated carbocycles. The molecule has 2 heterocycles. The molecule has 2 aromatic carbocycles. The van der Waals surface area contributed by atoms with Gasteiger partial charge in [-0.1, -0.05) is 11.6 Å². The first-order chi connectivity index (χ1) is 17.8. The van der Waals surface area contributed by atoms with E-state index in [1.54, 1.807) is 13.3 Å². The Kier molecular flexibility index (Phi) is 9.21. The van der Waals surface area contributed by atoms with Crippen molar-refractivity contribution in [3.05, 3.63) is 64.6 Å². The number of aryl methyl sites for hydroxylation is 1. The number of ether oxygens (including phenoxy) is 1. The van der Waals surface area contributed by atoms with E-state index in [0.717, 1.165) is 59.3 Å². The van der Waals surface area contributed by atoms with Crippen LogP contribution in [0, 0.1) is 29.3 Å². The zero-order valence-electron chi connectivity index (χ0n) is 20.4. The summed E-state index contributed by atoms with van der Waals surface area (Å²) in [6, 6.07) is 7.16. The van der Waals surface area contributed by atoms with Gasteiger partial charge in [0.25, 0.3) is 0 Å². The first-order valence-corrected chi connectivity index (χ1v) is 13.5. The Labute approximate surface area is 223 Å². The van der Waals surface area contributed by atoms with E-state index in [1.165, 1.54) is 0 Å². The van der Waals surface area contributed by atoms with Gasteiger partial charge in [0.1, 0.15) is 11.6 Å². The number of fused-ring (bicyclic) bond motifs is 1. The lowest BCUT2D eigenvalue weighted by molar-refractivity contribution is -0.146. The van der Waals surface area contributed by atoms with Gasteiger partial charge in [0.2, 0.25) is 0 Å². The van der Waals surface area contributed by atoms with Crippen molar-refractivity contribution >= 4 is 40.2 Å². The summed E-state index contributed by atoms with van der Waals surface area (Å²) in [5.74, 6) is -3.31. The first kappa shape index (κ1) is 27.5. The molecule has 0 amide bonds. The van der Waals surface area contributed by atoms with Crippen LogP contribution in [-0.2, 0) is 11.2 Å². The van der Waals surface area contributed by atoms with Crippen molar-refractivity contribution in [1.82, 2.24) is 9.88 Å². The Morgan fingerprint density at radius 1 is 1.27 bits per heavy atom. The molecule has 0 aliphatic carbocycles. The molecular weight excluding hydrogens is 525 g/mol. The molecular formula is C27H28ClF3N2O3S. The third-order valence-electron chi connectivity index (χ3n) is 6.92. The van der Waals surface area contributed by atoms with Gasteiger partial charge >= 0.3 is 5.97 Å². The number of halogens is 4. The number of hydrogen-bond acceptors (Lipinski definition) is 5. The molecule has 1 saturated heterocycles. The number of nitrogens with zero attached hydrogens (tertiary/aromatic N) is 2. The van der Waals surface area contributed by atoms with Gasteiger partial charge in [-0.15, -0.1) is 11.8 Å². The third-order valence-corrected chi connectivity index (χ3v) is 8.24. The molecule has 1 fully saturated rings. The summed E-state index contributed by atoms with van der Waals surface area (Å²) in [5.41, 5.74) is 1.81. The first-order valence-electron chi connectivity index (χ1n) is 12.1. The lowest BCUT2D eigenvalue weighted by Crippen LogP contribution is -2.44. The maximum Gasteiger partial charge on any atom is 0.308 e. The average Bonchev–Trinajstić information content (AvgIpc) is 2.88. The summed E-state index contributed by atoms with van der Waals surface area (Å²) in [5, 5.41) is 11.4. The summed E-state index contributed by atoms with van der Waals surface area (Å²) >= 11 is 7.49. The van der Waals surface area contributed by atoms with Gasteiger partial charge in [0.15, 0.2) is 11.6 Å². The molecule has 3 aromatic rings. The number of likely N-dealkylation sites (tertiary alicyclic amines) is 1. The summed E-state index contributed by atoms with van der Waals surface area (Å²) in [4.78, 5) is 18.4. The second-order valence-corrected chi connectivity index (χ2v) is 10.7. The van der Waals surface area contributed by atoms with Gasteiger partial charge in [-0.25, -0.2) is 13.2 Å². The molecule has 37 heavy (non-hydrogen) atoms. The largest absolute Gasteiger partial charge is 0.497 e. The molecule has 198 valence electrons. The van der Waals surface area contributed by atoms with Gasteiger partial charge in [-0.2, -0.15) is 0 Å². The fraction of sp³-hybridized carbons (Fsp3) is 0.407. The smallest absolute Gasteiger partial charge is 0.308 e. The van der Waals surface area contributed by atoms with E-state index < -0.39 is 29.3 Å². The van der Waals surface area contributed by atoms with Crippen LogP contribution in [0.15, 0.2) is 41.4 Å². The molecule has 1 aliphatic rings. The van der Waals surface area contributed by atoms with Crippen LogP contribution in [0.2, 0.25) is 5.02 Å². The van der Waals surface area contributed by atoms with Crippen molar-refractivity contribution in [2.75, 3.05) is 32.5 Å². The van der Waals surface area contributed by atoms with E-state index in [0.29, 0.717) is 42.9 Å². The molecule has 1 N–H and O–H groups in total. The Hall–Kier alpha value is -2.49. The van der Waals surface area contributed by atoms with E-state index in [4.69, 9.17) is 16.3 Å². The highest BCUT2D eigenvalue weighted by Gasteiger charge is 2.33. The van der Waals surface area contributed by atoms with Crippen molar-refractivity contribution in [2.45, 2.75) is 30.6 Å². The molecule has 0 radical (unpaired) electrons. The number of pyridine rings is 1. The molecule has 2 unspecified atom stereocenters. The van der Waals surface area contributed by atoms with Crippen LogP contribution < -0.4 is 4.74 Å². The van der Waals surface area contributed by atoms with Crippen LogP contribution in [0.3, 0.4) is 0 Å². The maximum absolute atomic E-state index is 13.9. The highest BCUT2D eigenvalue weighted by Crippen LogP contribution is 2.33. The summed E-state index contributed by atoms with van der Waals surface area (Å²) < 4.78 is 46.1. The number of hydrogen-bond donors (Lipinski definition) is 1. The van der Waals surface area contributed by atoms with Crippen molar-refractivity contribution in [1.29, 1.82) is 0 Å². The standard InChI is InChI=1S/C27H28ClF3N2O3S/c1-36-18-5-6-24-20(13-18)19(22(28)14-32-24)4-2-3-16-7-8-33(15-21(16)27(34)35)9-10-37-25-12-17(29)11-23(30)26(25)31/h5-6,11-14,16,21H,2-4,7-10,15H2,1H3,(H,34,35). The van der Waals surface area contributed by atoms with E-state index >= 15 is 0 Å². The fourth-order valence-corrected chi connectivity index (χ4v) is 6.18. The molecule has 10 heteroatoms. The molecule has 1 aliphatic heterocycles. The van der Waals surface area contributed by atoms with E-state index in [2.05, 4.69) is 4.98 Å². The van der Waals surface area contributed by atoms with Crippen LogP contribution >= 0.6 is 23.4 Å². The lowest BCUT2D eigenvalue weighted by Gasteiger charge is -2.36. The van der Waals surface area contributed by atoms with Gasteiger partial charge < -0.3 is 14.7 Å². The number of piperidine rings is 1. The van der Waals surface area contributed by atoms with Gasteiger partial charge in [0, 0.05) is 41.4 Å². The van der Waals surface area contributed by atoms with Crippen LogP contribution in [-0.4, -0.2) is 53.5 Å². The molecule has 0 spiro atoms. The number of aromatic nitrogens is 1. The normalized spacial score (nSPS) is 18.3. The van der Waals surface area contributed by atoms with Crippen molar-refractivity contribution in [2.24, 2.45) is 11.8 Å². The van der Waals surface area contributed by atoms with Crippen molar-refractivity contribution in [3.8, 4) is 5.75 Å². The minimum atomic E-state index is -1.21.